The molecule has 0 aliphatic carbocycles. The number of aromatic nitrogens is 1. The fourth-order valence-electron chi connectivity index (χ4n) is 2.36. The van der Waals surface area contributed by atoms with Crippen LogP contribution in [0.2, 0.25) is 5.02 Å². The van der Waals surface area contributed by atoms with Gasteiger partial charge in [0.1, 0.15) is 5.69 Å². The summed E-state index contributed by atoms with van der Waals surface area (Å²) in [5, 5.41) is 17.5. The van der Waals surface area contributed by atoms with Crippen LogP contribution in [0.15, 0.2) is 72.9 Å². The van der Waals surface area contributed by atoms with E-state index in [2.05, 4.69) is 15.2 Å². The molecule has 31 heavy (non-hydrogen) atoms. The minimum atomic E-state index is -3.68. The number of aromatic carboxylic acids is 1. The molecule has 0 saturated carbocycles. The molecule has 0 atom stereocenters. The molecule has 1 aromatic heterocycles. The van der Waals surface area contributed by atoms with Crippen LogP contribution in [0.1, 0.15) is 21.6 Å². The number of pyridine rings is 1. The SMILES string of the molecule is Cl.O=C(O)c1cc(NS(=O)(=O)Cc2cccc(Cl)c2)ccn1.ONCc1ccccc1. The molecule has 0 radical (unpaired) electrons. The van der Waals surface area contributed by atoms with Gasteiger partial charge in [-0.25, -0.2) is 23.7 Å². The number of nitrogens with zero attached hydrogens (tertiary/aromatic N) is 1. The third-order valence-electron chi connectivity index (χ3n) is 3.62. The molecule has 3 aromatic rings. The molecule has 166 valence electrons. The van der Waals surface area contributed by atoms with E-state index in [0.29, 0.717) is 17.1 Å². The summed E-state index contributed by atoms with van der Waals surface area (Å²) in [6.07, 6.45) is 1.22. The van der Waals surface area contributed by atoms with Gasteiger partial charge in [0.05, 0.1) is 11.4 Å². The predicted octanol–water partition coefficient (Wildman–Crippen LogP) is 3.96. The second-order valence-electron chi connectivity index (χ2n) is 6.05. The van der Waals surface area contributed by atoms with Crippen LogP contribution in [0, 0.1) is 0 Å². The Morgan fingerprint density at radius 2 is 1.68 bits per heavy atom. The lowest BCUT2D eigenvalue weighted by Crippen LogP contribution is -2.15. The highest BCUT2D eigenvalue weighted by molar-refractivity contribution is 7.91. The van der Waals surface area contributed by atoms with E-state index in [0.717, 1.165) is 11.6 Å². The molecule has 11 heteroatoms. The van der Waals surface area contributed by atoms with Crippen molar-refractivity contribution in [2.75, 3.05) is 4.72 Å². The minimum Gasteiger partial charge on any atom is -0.477 e. The van der Waals surface area contributed by atoms with E-state index in [1.54, 1.807) is 24.3 Å². The van der Waals surface area contributed by atoms with Crippen LogP contribution in [0.25, 0.3) is 0 Å². The van der Waals surface area contributed by atoms with E-state index < -0.39 is 16.0 Å². The maximum atomic E-state index is 12.0. The number of carbonyl (C=O) groups is 1. The second-order valence-corrected chi connectivity index (χ2v) is 8.21. The van der Waals surface area contributed by atoms with Crippen LogP contribution in [0.3, 0.4) is 0 Å². The number of nitrogens with one attached hydrogen (secondary N) is 2. The molecular weight excluding hydrogens is 465 g/mol. The number of hydroxylamine groups is 1. The summed E-state index contributed by atoms with van der Waals surface area (Å²) in [7, 11) is -3.68. The fraction of sp³-hybridized carbons (Fsp3) is 0.100. The normalized spacial score (nSPS) is 10.3. The Morgan fingerprint density at radius 1 is 1.00 bits per heavy atom. The van der Waals surface area contributed by atoms with Crippen molar-refractivity contribution in [3.63, 3.8) is 0 Å². The second kappa shape index (κ2) is 12.9. The van der Waals surface area contributed by atoms with Crippen molar-refractivity contribution in [2.45, 2.75) is 12.3 Å². The molecule has 2 aromatic carbocycles. The number of rotatable bonds is 7. The Balaban J connectivity index is 0.000000404. The topological polar surface area (TPSA) is 129 Å². The molecule has 0 fully saturated rings. The van der Waals surface area contributed by atoms with Gasteiger partial charge in [0.15, 0.2) is 0 Å². The first kappa shape index (κ1) is 26.3. The number of benzene rings is 2. The molecule has 0 aliphatic rings. The predicted molar refractivity (Wildman–Crippen MR) is 121 cm³/mol. The number of carboxylic acids is 1. The van der Waals surface area contributed by atoms with Gasteiger partial charge in [0.25, 0.3) is 0 Å². The Kier molecular flexibility index (Phi) is 10.9. The highest BCUT2D eigenvalue weighted by Gasteiger charge is 2.13. The van der Waals surface area contributed by atoms with E-state index in [9.17, 15) is 13.2 Å². The summed E-state index contributed by atoms with van der Waals surface area (Å²) in [6.45, 7) is 0.515. The maximum absolute atomic E-state index is 12.0. The van der Waals surface area contributed by atoms with Gasteiger partial charge >= 0.3 is 5.97 Å². The Labute approximate surface area is 191 Å². The van der Waals surface area contributed by atoms with Crippen molar-refractivity contribution >= 4 is 45.7 Å². The average molecular weight is 486 g/mol. The van der Waals surface area contributed by atoms with Crippen LogP contribution >= 0.6 is 24.0 Å². The number of halogens is 2. The summed E-state index contributed by atoms with van der Waals surface area (Å²) in [4.78, 5) is 14.4. The van der Waals surface area contributed by atoms with Crippen LogP contribution in [0.5, 0.6) is 0 Å². The van der Waals surface area contributed by atoms with Crippen LogP contribution in [-0.4, -0.2) is 29.7 Å². The standard InChI is InChI=1S/C13H11ClN2O4S.C7H9NO.ClH/c14-10-3-1-2-9(6-10)8-21(19,20)16-11-4-5-15-12(7-11)13(17)18;9-8-6-7-4-2-1-3-5-7;/h1-7H,8H2,(H,15,16)(H,17,18);1-5,8-9H,6H2;1H. The summed E-state index contributed by atoms with van der Waals surface area (Å²) in [5.74, 6) is -1.50. The minimum absolute atomic E-state index is 0. The monoisotopic (exact) mass is 485 g/mol. The Hall–Kier alpha value is -2.69. The molecule has 4 N–H and O–H groups in total. The highest BCUT2D eigenvalue weighted by atomic mass is 35.5. The fourth-order valence-corrected chi connectivity index (χ4v) is 3.75. The van der Waals surface area contributed by atoms with E-state index in [-0.39, 0.29) is 29.5 Å². The molecule has 0 spiro atoms. The highest BCUT2D eigenvalue weighted by Crippen LogP contribution is 2.16. The first-order valence-corrected chi connectivity index (χ1v) is 10.7. The quantitative estimate of drug-likeness (QED) is 0.372. The zero-order chi connectivity index (χ0) is 22.0. The molecule has 0 aliphatic heterocycles. The lowest BCUT2D eigenvalue weighted by Gasteiger charge is -2.08. The van der Waals surface area contributed by atoms with Crippen molar-refractivity contribution in [1.82, 2.24) is 10.5 Å². The smallest absolute Gasteiger partial charge is 0.354 e. The first-order chi connectivity index (χ1) is 14.3. The number of hydrogen-bond donors (Lipinski definition) is 4. The molecule has 1 heterocycles. The summed E-state index contributed by atoms with van der Waals surface area (Å²) < 4.78 is 26.4. The van der Waals surface area contributed by atoms with Crippen molar-refractivity contribution in [2.24, 2.45) is 0 Å². The third kappa shape index (κ3) is 9.77. The maximum Gasteiger partial charge on any atom is 0.354 e. The van der Waals surface area contributed by atoms with Gasteiger partial charge in [-0.05, 0) is 35.4 Å². The van der Waals surface area contributed by atoms with Crippen LogP contribution < -0.4 is 10.2 Å². The van der Waals surface area contributed by atoms with Crippen molar-refractivity contribution in [3.8, 4) is 0 Å². The van der Waals surface area contributed by atoms with Crippen LogP contribution in [-0.2, 0) is 22.3 Å². The average Bonchev–Trinajstić information content (AvgIpc) is 2.69. The van der Waals surface area contributed by atoms with E-state index in [1.807, 2.05) is 30.3 Å². The largest absolute Gasteiger partial charge is 0.477 e. The Morgan fingerprint density at radius 3 is 2.29 bits per heavy atom. The van der Waals surface area contributed by atoms with Crippen molar-refractivity contribution in [1.29, 1.82) is 0 Å². The lowest BCUT2D eigenvalue weighted by molar-refractivity contribution is 0.0690. The van der Waals surface area contributed by atoms with E-state index in [1.165, 1.54) is 12.3 Å². The molecule has 0 saturated heterocycles. The molecule has 8 nitrogen and oxygen atoms in total. The zero-order valence-electron chi connectivity index (χ0n) is 16.1. The van der Waals surface area contributed by atoms with E-state index >= 15 is 0 Å². The van der Waals surface area contributed by atoms with Crippen molar-refractivity contribution < 1.29 is 23.5 Å². The number of carboxylic acid groups (broad SMARTS) is 1. The number of sulfonamides is 1. The number of anilines is 1. The van der Waals surface area contributed by atoms with Gasteiger partial charge in [-0.2, -0.15) is 0 Å². The summed E-state index contributed by atoms with van der Waals surface area (Å²) >= 11 is 5.80. The van der Waals surface area contributed by atoms with E-state index in [4.69, 9.17) is 21.9 Å². The Bertz CT molecular complexity index is 1080. The molecule has 0 unspecified atom stereocenters. The summed E-state index contributed by atoms with van der Waals surface area (Å²) in [5.41, 5.74) is 3.60. The van der Waals surface area contributed by atoms with Crippen LogP contribution in [0.4, 0.5) is 5.69 Å². The van der Waals surface area contributed by atoms with Gasteiger partial charge < -0.3 is 10.3 Å². The molecular formula is C20H21Cl2N3O5S. The number of hydrogen-bond acceptors (Lipinski definition) is 6. The molecule has 3 rings (SSSR count). The molecule has 0 bridgehead atoms. The first-order valence-electron chi connectivity index (χ1n) is 8.64. The summed E-state index contributed by atoms with van der Waals surface area (Å²) in [6, 6.07) is 18.7. The zero-order valence-corrected chi connectivity index (χ0v) is 18.5. The van der Waals surface area contributed by atoms with Gasteiger partial charge in [-0.15, -0.1) is 12.4 Å². The molecule has 0 amide bonds. The lowest BCUT2D eigenvalue weighted by atomic mass is 10.2. The van der Waals surface area contributed by atoms with Gasteiger partial charge in [-0.3, -0.25) is 4.72 Å². The third-order valence-corrected chi connectivity index (χ3v) is 5.12. The van der Waals surface area contributed by atoms with Gasteiger partial charge in [-0.1, -0.05) is 54.1 Å². The van der Waals surface area contributed by atoms with Gasteiger partial charge in [0, 0.05) is 17.8 Å². The van der Waals surface area contributed by atoms with Gasteiger partial charge in [0.2, 0.25) is 10.0 Å². The van der Waals surface area contributed by atoms with Crippen molar-refractivity contribution in [3.05, 3.63) is 94.8 Å².